The van der Waals surface area contributed by atoms with Crippen LogP contribution in [0.2, 0.25) is 5.02 Å². The summed E-state index contributed by atoms with van der Waals surface area (Å²) in [5.74, 6) is 1.58. The Hall–Kier alpha value is -2.57. The normalized spacial score (nSPS) is 14.1. The molecule has 1 aromatic heterocycles. The van der Waals surface area contributed by atoms with Crippen LogP contribution in [-0.2, 0) is 0 Å². The highest BCUT2D eigenvalue weighted by Crippen LogP contribution is 2.25. The van der Waals surface area contributed by atoms with Gasteiger partial charge < -0.3 is 9.80 Å². The molecule has 0 spiro atoms. The largest absolute Gasteiger partial charge is 0.353 e. The van der Waals surface area contributed by atoms with E-state index in [4.69, 9.17) is 16.6 Å². The smallest absolute Gasteiger partial charge is 0.255 e. The highest BCUT2D eigenvalue weighted by atomic mass is 35.5. The van der Waals surface area contributed by atoms with E-state index in [2.05, 4.69) is 9.88 Å². The molecular weight excluding hydrogens is 404 g/mol. The van der Waals surface area contributed by atoms with Gasteiger partial charge in [-0.3, -0.25) is 4.79 Å². The summed E-state index contributed by atoms with van der Waals surface area (Å²) in [7, 11) is 0. The lowest BCUT2D eigenvalue weighted by molar-refractivity contribution is 0.0746. The van der Waals surface area contributed by atoms with Crippen molar-refractivity contribution in [1.82, 2.24) is 14.9 Å². The quantitative estimate of drug-likeness (QED) is 0.578. The Morgan fingerprint density at radius 2 is 1.79 bits per heavy atom. The van der Waals surface area contributed by atoms with Crippen LogP contribution in [0.4, 0.5) is 5.82 Å². The molecule has 2 heterocycles. The maximum absolute atomic E-state index is 13.0. The number of carbonyl (C=O) groups is 1. The first kappa shape index (κ1) is 19.7. The third-order valence-electron chi connectivity index (χ3n) is 4.97. The number of anilines is 1. The molecule has 1 amide bonds. The number of hydrogen-bond donors (Lipinski definition) is 0. The third kappa shape index (κ3) is 4.38. The van der Waals surface area contributed by atoms with Gasteiger partial charge in [0.1, 0.15) is 5.82 Å². The van der Waals surface area contributed by atoms with Gasteiger partial charge in [-0.15, -0.1) is 11.8 Å². The van der Waals surface area contributed by atoms with E-state index in [9.17, 15) is 4.79 Å². The fourth-order valence-electron chi connectivity index (χ4n) is 3.36. The van der Waals surface area contributed by atoms with Crippen LogP contribution in [0.15, 0.2) is 65.7 Å². The zero-order chi connectivity index (χ0) is 20.2. The fourth-order valence-corrected chi connectivity index (χ4v) is 3.99. The fraction of sp³-hybridized carbons (Fsp3) is 0.227. The first-order chi connectivity index (χ1) is 14.2. The molecule has 0 atom stereocenters. The average Bonchev–Trinajstić information content (AvgIpc) is 2.80. The van der Waals surface area contributed by atoms with Gasteiger partial charge in [0.05, 0.1) is 10.6 Å². The summed E-state index contributed by atoms with van der Waals surface area (Å²) in [6, 6.07) is 17.5. The molecule has 1 saturated heterocycles. The lowest BCUT2D eigenvalue weighted by Crippen LogP contribution is -2.49. The van der Waals surface area contributed by atoms with Crippen LogP contribution in [0.25, 0.3) is 11.4 Å². The van der Waals surface area contributed by atoms with E-state index in [0.29, 0.717) is 29.5 Å². The zero-order valence-corrected chi connectivity index (χ0v) is 17.7. The Balaban J connectivity index is 1.45. The standard InChI is InChI=1S/C22H21ClN4OS/c1-29-17-7-8-19(23)18(15-17)22(28)27-13-11-26(12-14-27)20-9-10-24-21(25-20)16-5-3-2-4-6-16/h2-10,15H,11-14H2,1H3. The van der Waals surface area contributed by atoms with Crippen molar-refractivity contribution in [2.24, 2.45) is 0 Å². The van der Waals surface area contributed by atoms with E-state index < -0.39 is 0 Å². The summed E-state index contributed by atoms with van der Waals surface area (Å²) in [6.07, 6.45) is 3.78. The summed E-state index contributed by atoms with van der Waals surface area (Å²) in [6.45, 7) is 2.69. The maximum Gasteiger partial charge on any atom is 0.255 e. The Morgan fingerprint density at radius 1 is 1.03 bits per heavy atom. The van der Waals surface area contributed by atoms with Crippen molar-refractivity contribution >= 4 is 35.1 Å². The number of halogens is 1. The molecule has 0 N–H and O–H groups in total. The van der Waals surface area contributed by atoms with Crippen LogP contribution in [-0.4, -0.2) is 53.2 Å². The van der Waals surface area contributed by atoms with Gasteiger partial charge >= 0.3 is 0 Å². The number of aromatic nitrogens is 2. The minimum Gasteiger partial charge on any atom is -0.353 e. The van der Waals surface area contributed by atoms with E-state index in [1.165, 1.54) is 0 Å². The molecule has 0 saturated carbocycles. The van der Waals surface area contributed by atoms with Gasteiger partial charge in [0, 0.05) is 42.8 Å². The van der Waals surface area contributed by atoms with E-state index in [1.807, 2.05) is 59.7 Å². The van der Waals surface area contributed by atoms with E-state index in [1.54, 1.807) is 24.0 Å². The Bertz CT molecular complexity index is 1010. The van der Waals surface area contributed by atoms with Gasteiger partial charge in [0.25, 0.3) is 5.91 Å². The van der Waals surface area contributed by atoms with Gasteiger partial charge in [0.15, 0.2) is 5.82 Å². The topological polar surface area (TPSA) is 49.3 Å². The minimum atomic E-state index is -0.0155. The lowest BCUT2D eigenvalue weighted by Gasteiger charge is -2.35. The van der Waals surface area contributed by atoms with Gasteiger partial charge in [-0.25, -0.2) is 9.97 Å². The van der Waals surface area contributed by atoms with Gasteiger partial charge in [0.2, 0.25) is 0 Å². The minimum absolute atomic E-state index is 0.0155. The monoisotopic (exact) mass is 424 g/mol. The molecule has 0 unspecified atom stereocenters. The summed E-state index contributed by atoms with van der Waals surface area (Å²) >= 11 is 7.88. The number of thioether (sulfide) groups is 1. The second-order valence-corrected chi connectivity index (χ2v) is 8.02. The van der Waals surface area contributed by atoms with Crippen molar-refractivity contribution in [3.63, 3.8) is 0 Å². The number of benzene rings is 2. The molecule has 7 heteroatoms. The predicted octanol–water partition coefficient (Wildman–Crippen LogP) is 4.48. The molecule has 0 aliphatic carbocycles. The lowest BCUT2D eigenvalue weighted by atomic mass is 10.1. The van der Waals surface area contributed by atoms with Gasteiger partial charge in [-0.1, -0.05) is 41.9 Å². The summed E-state index contributed by atoms with van der Waals surface area (Å²) in [5.41, 5.74) is 1.56. The highest BCUT2D eigenvalue weighted by molar-refractivity contribution is 7.98. The molecule has 0 radical (unpaired) electrons. The molecule has 5 nitrogen and oxygen atoms in total. The van der Waals surface area contributed by atoms with Crippen molar-refractivity contribution in [3.05, 3.63) is 71.4 Å². The van der Waals surface area contributed by atoms with E-state index in [-0.39, 0.29) is 5.91 Å². The van der Waals surface area contributed by atoms with Crippen LogP contribution in [0, 0.1) is 0 Å². The number of hydrogen-bond acceptors (Lipinski definition) is 5. The highest BCUT2D eigenvalue weighted by Gasteiger charge is 2.24. The van der Waals surface area contributed by atoms with Crippen LogP contribution < -0.4 is 4.90 Å². The zero-order valence-electron chi connectivity index (χ0n) is 16.1. The van der Waals surface area contributed by atoms with Crippen molar-refractivity contribution < 1.29 is 4.79 Å². The van der Waals surface area contributed by atoms with Gasteiger partial charge in [-0.05, 0) is 30.5 Å². The number of piperazine rings is 1. The molecule has 1 fully saturated rings. The van der Waals surface area contributed by atoms with Crippen molar-refractivity contribution in [3.8, 4) is 11.4 Å². The van der Waals surface area contributed by atoms with Crippen LogP contribution in [0.1, 0.15) is 10.4 Å². The maximum atomic E-state index is 13.0. The number of carbonyl (C=O) groups excluding carboxylic acids is 1. The SMILES string of the molecule is CSc1ccc(Cl)c(C(=O)N2CCN(c3ccnc(-c4ccccc4)n3)CC2)c1. The van der Waals surface area contributed by atoms with Crippen molar-refractivity contribution in [2.75, 3.05) is 37.3 Å². The first-order valence-electron chi connectivity index (χ1n) is 9.42. The van der Waals surface area contributed by atoms with Crippen molar-refractivity contribution in [1.29, 1.82) is 0 Å². The first-order valence-corrected chi connectivity index (χ1v) is 11.0. The molecule has 148 valence electrons. The summed E-state index contributed by atoms with van der Waals surface area (Å²) < 4.78 is 0. The number of rotatable bonds is 4. The second-order valence-electron chi connectivity index (χ2n) is 6.73. The Morgan fingerprint density at radius 3 is 2.52 bits per heavy atom. The second kappa shape index (κ2) is 8.84. The molecular formula is C22H21ClN4OS. The van der Waals surface area contributed by atoms with E-state index in [0.717, 1.165) is 29.4 Å². The Kier molecular flexibility index (Phi) is 6.02. The van der Waals surface area contributed by atoms with Crippen LogP contribution in [0.3, 0.4) is 0 Å². The van der Waals surface area contributed by atoms with Crippen LogP contribution >= 0.6 is 23.4 Å². The predicted molar refractivity (Wildman–Crippen MR) is 119 cm³/mol. The molecule has 2 aromatic carbocycles. The summed E-state index contributed by atoms with van der Waals surface area (Å²) in [5, 5.41) is 0.499. The molecule has 4 rings (SSSR count). The van der Waals surface area contributed by atoms with Gasteiger partial charge in [-0.2, -0.15) is 0 Å². The third-order valence-corrected chi connectivity index (χ3v) is 6.02. The number of nitrogens with zero attached hydrogens (tertiary/aromatic N) is 4. The number of amides is 1. The molecule has 1 aliphatic rings. The van der Waals surface area contributed by atoms with Crippen molar-refractivity contribution in [2.45, 2.75) is 4.90 Å². The molecule has 1 aliphatic heterocycles. The average molecular weight is 425 g/mol. The molecule has 29 heavy (non-hydrogen) atoms. The Labute approximate surface area is 179 Å². The molecule has 3 aromatic rings. The van der Waals surface area contributed by atoms with E-state index >= 15 is 0 Å². The molecule has 0 bridgehead atoms. The summed E-state index contributed by atoms with van der Waals surface area (Å²) in [4.78, 5) is 27.2. The van der Waals surface area contributed by atoms with Crippen LogP contribution in [0.5, 0.6) is 0 Å².